The molecule has 1 unspecified atom stereocenters. The molecule has 4 rings (SSSR count). The highest BCUT2D eigenvalue weighted by Crippen LogP contribution is 2.33. The van der Waals surface area contributed by atoms with Crippen LogP contribution in [0, 0.1) is 6.92 Å². The summed E-state index contributed by atoms with van der Waals surface area (Å²) in [6.45, 7) is 5.59. The molecule has 1 fully saturated rings. The van der Waals surface area contributed by atoms with Crippen LogP contribution in [0.1, 0.15) is 51.9 Å². The summed E-state index contributed by atoms with van der Waals surface area (Å²) in [5.41, 5.74) is 2.69. The Labute approximate surface area is 185 Å². The number of aryl methyl sites for hydroxylation is 2. The molecule has 2 heterocycles. The van der Waals surface area contributed by atoms with Gasteiger partial charge in [0, 0.05) is 29.8 Å². The van der Waals surface area contributed by atoms with Gasteiger partial charge in [-0.05, 0) is 48.9 Å². The number of hydrogen-bond acceptors (Lipinski definition) is 3. The molecule has 1 saturated heterocycles. The smallest absolute Gasteiger partial charge is 0.329 e. The maximum atomic E-state index is 14.7. The zero-order chi connectivity index (χ0) is 23.0. The van der Waals surface area contributed by atoms with E-state index in [0.717, 1.165) is 5.56 Å². The Morgan fingerprint density at radius 3 is 2.69 bits per heavy atom. The van der Waals surface area contributed by atoms with Crippen LogP contribution in [-0.2, 0) is 28.5 Å². The van der Waals surface area contributed by atoms with Crippen LogP contribution < -0.4 is 5.32 Å². The largest absolute Gasteiger partial charge is 0.330 e. The van der Waals surface area contributed by atoms with Gasteiger partial charge in [0.1, 0.15) is 6.04 Å². The fourth-order valence-corrected chi connectivity index (χ4v) is 4.35. The van der Waals surface area contributed by atoms with Crippen molar-refractivity contribution in [1.29, 1.82) is 0 Å². The highest BCUT2D eigenvalue weighted by Gasteiger charge is 2.41. The molecular weight excluding hydrogens is 414 g/mol. The highest BCUT2D eigenvalue weighted by atomic mass is 19.3. The molecule has 2 aromatic carbocycles. The number of carbonyl (C=O) groups is 3. The van der Waals surface area contributed by atoms with Gasteiger partial charge >= 0.3 is 5.92 Å². The van der Waals surface area contributed by atoms with Gasteiger partial charge in [0.2, 0.25) is 11.7 Å². The molecule has 0 spiro atoms. The maximum absolute atomic E-state index is 14.7. The first-order chi connectivity index (χ1) is 15.2. The minimum absolute atomic E-state index is 0.144. The molecule has 0 radical (unpaired) electrons. The number of benzene rings is 2. The van der Waals surface area contributed by atoms with Crippen LogP contribution in [0.15, 0.2) is 54.7 Å². The average molecular weight is 438 g/mol. The Morgan fingerprint density at radius 1 is 1.22 bits per heavy atom. The Kier molecular flexibility index (Phi) is 5.67. The Balaban J connectivity index is 1.44. The molecule has 2 amide bonds. The first-order valence-electron chi connectivity index (χ1n) is 10.6. The summed E-state index contributed by atoms with van der Waals surface area (Å²) in [6, 6.07) is 10.5. The van der Waals surface area contributed by atoms with Gasteiger partial charge in [0.25, 0.3) is 5.91 Å². The molecular formula is C25H24F2N2O3. The van der Waals surface area contributed by atoms with Crippen LogP contribution in [0.3, 0.4) is 0 Å². The molecule has 0 aliphatic carbocycles. The Bertz CT molecular complexity index is 1130. The summed E-state index contributed by atoms with van der Waals surface area (Å²) in [5, 5.41) is 2.69. The second kappa shape index (κ2) is 8.30. The number of rotatable bonds is 6. The summed E-state index contributed by atoms with van der Waals surface area (Å²) < 4.78 is 29.3. The number of piperidine rings is 1. The number of amides is 2. The van der Waals surface area contributed by atoms with E-state index in [1.54, 1.807) is 37.3 Å². The van der Waals surface area contributed by atoms with Gasteiger partial charge in [0.15, 0.2) is 0 Å². The zero-order valence-corrected chi connectivity index (χ0v) is 17.8. The number of fused-ring (bicyclic) bond motifs is 1. The molecule has 1 atom stereocenters. The number of halogens is 2. The van der Waals surface area contributed by atoms with Crippen molar-refractivity contribution < 1.29 is 23.2 Å². The monoisotopic (exact) mass is 438 g/mol. The summed E-state index contributed by atoms with van der Waals surface area (Å²) in [5.74, 6) is -5.15. The summed E-state index contributed by atoms with van der Waals surface area (Å²) >= 11 is 0. The number of hydrogen-bond donors (Lipinski definition) is 1. The van der Waals surface area contributed by atoms with E-state index in [-0.39, 0.29) is 36.8 Å². The van der Waals surface area contributed by atoms with Crippen molar-refractivity contribution in [3.05, 3.63) is 82.6 Å². The molecule has 32 heavy (non-hydrogen) atoms. The van der Waals surface area contributed by atoms with Crippen LogP contribution in [-0.4, -0.2) is 28.5 Å². The number of alkyl halides is 2. The molecule has 5 nitrogen and oxygen atoms in total. The quantitative estimate of drug-likeness (QED) is 0.740. The van der Waals surface area contributed by atoms with Crippen LogP contribution in [0.25, 0.3) is 0 Å². The number of allylic oxidation sites excluding steroid dienone is 1. The van der Waals surface area contributed by atoms with Gasteiger partial charge in [-0.1, -0.05) is 43.0 Å². The molecule has 0 saturated carbocycles. The van der Waals surface area contributed by atoms with Gasteiger partial charge in [-0.3, -0.25) is 14.4 Å². The van der Waals surface area contributed by atoms with Gasteiger partial charge in [-0.25, -0.2) is 0 Å². The van der Waals surface area contributed by atoms with E-state index in [1.165, 1.54) is 17.0 Å². The number of ketones is 1. The van der Waals surface area contributed by atoms with E-state index < -0.39 is 17.7 Å². The minimum atomic E-state index is -3.55. The number of nitrogens with one attached hydrogen (secondary N) is 1. The van der Waals surface area contributed by atoms with Crippen LogP contribution >= 0.6 is 0 Å². The van der Waals surface area contributed by atoms with Gasteiger partial charge < -0.3 is 10.2 Å². The first-order valence-corrected chi connectivity index (χ1v) is 10.6. The summed E-state index contributed by atoms with van der Waals surface area (Å²) in [7, 11) is 0. The van der Waals surface area contributed by atoms with Crippen LogP contribution in [0.4, 0.5) is 8.78 Å². The fourth-order valence-electron chi connectivity index (χ4n) is 4.35. The lowest BCUT2D eigenvalue weighted by Crippen LogP contribution is -2.49. The molecule has 0 aromatic heterocycles. The molecule has 2 aliphatic heterocycles. The summed E-state index contributed by atoms with van der Waals surface area (Å²) in [4.78, 5) is 39.0. The van der Waals surface area contributed by atoms with E-state index in [2.05, 4.69) is 11.9 Å². The van der Waals surface area contributed by atoms with Crippen molar-refractivity contribution in [3.8, 4) is 0 Å². The lowest BCUT2D eigenvalue weighted by molar-refractivity contribution is -0.144. The van der Waals surface area contributed by atoms with Crippen molar-refractivity contribution in [2.24, 2.45) is 0 Å². The lowest BCUT2D eigenvalue weighted by atomic mass is 9.95. The van der Waals surface area contributed by atoms with Crippen molar-refractivity contribution in [3.63, 3.8) is 0 Å². The summed E-state index contributed by atoms with van der Waals surface area (Å²) in [6.07, 6.45) is 0.954. The third-order valence-corrected chi connectivity index (χ3v) is 6.17. The third-order valence-electron chi connectivity index (χ3n) is 6.17. The molecule has 2 aromatic rings. The number of carbonyl (C=O) groups excluding carboxylic acids is 3. The molecule has 2 aliphatic rings. The molecule has 1 N–H and O–H groups in total. The van der Waals surface area contributed by atoms with Gasteiger partial charge in [-0.2, -0.15) is 8.78 Å². The number of nitrogens with zero attached hydrogens (tertiary/aromatic N) is 1. The van der Waals surface area contributed by atoms with Crippen molar-refractivity contribution >= 4 is 17.6 Å². The van der Waals surface area contributed by atoms with Crippen LogP contribution in [0.5, 0.6) is 0 Å². The van der Waals surface area contributed by atoms with E-state index >= 15 is 0 Å². The predicted molar refractivity (Wildman–Crippen MR) is 115 cm³/mol. The van der Waals surface area contributed by atoms with E-state index in [0.29, 0.717) is 35.2 Å². The third kappa shape index (κ3) is 3.95. The molecule has 166 valence electrons. The second-order valence-corrected chi connectivity index (χ2v) is 8.38. The zero-order valence-electron chi connectivity index (χ0n) is 17.8. The first kappa shape index (κ1) is 21.9. The van der Waals surface area contributed by atoms with Crippen LogP contribution in [0.2, 0.25) is 0 Å². The van der Waals surface area contributed by atoms with E-state index in [1.807, 2.05) is 0 Å². The average Bonchev–Trinajstić information content (AvgIpc) is 3.07. The normalized spacial score (nSPS) is 18.5. The number of Topliss-reactive ketones (excluding diaryl/α,β-unsaturated/α-hetero) is 1. The topological polar surface area (TPSA) is 66.5 Å². The minimum Gasteiger partial charge on any atom is -0.329 e. The second-order valence-electron chi connectivity index (χ2n) is 8.38. The van der Waals surface area contributed by atoms with Crippen molar-refractivity contribution in [2.45, 2.75) is 51.1 Å². The molecule has 0 bridgehead atoms. The predicted octanol–water partition coefficient (Wildman–Crippen LogP) is 4.04. The van der Waals surface area contributed by atoms with E-state index in [9.17, 15) is 23.2 Å². The molecule has 7 heteroatoms. The standard InChI is InChI=1S/C25H24F2N2O3/c1-15-5-3-4-6-20(15)25(26,27)22(30)12-9-17-8-10-19-18(13-17)14-29(24(19)32)21-11-7-16(2)28-23(21)31/h3-6,8,10,13,21H,2,7,9,11-12,14H2,1H3,(H,28,31). The highest BCUT2D eigenvalue weighted by molar-refractivity contribution is 6.01. The van der Waals surface area contributed by atoms with Gasteiger partial charge in [0.05, 0.1) is 0 Å². The van der Waals surface area contributed by atoms with Crippen molar-refractivity contribution in [2.75, 3.05) is 0 Å². The van der Waals surface area contributed by atoms with Gasteiger partial charge in [-0.15, -0.1) is 0 Å². The Hall–Kier alpha value is -3.35. The van der Waals surface area contributed by atoms with E-state index in [4.69, 9.17) is 0 Å². The van der Waals surface area contributed by atoms with Crippen molar-refractivity contribution in [1.82, 2.24) is 10.2 Å². The SMILES string of the molecule is C=C1CCC(N2Cc3cc(CCC(=O)C(F)(F)c4ccccc4C)ccc3C2=O)C(=O)N1. The fraction of sp³-hybridized carbons (Fsp3) is 0.320. The maximum Gasteiger partial charge on any atom is 0.330 e. The Morgan fingerprint density at radius 2 is 1.97 bits per heavy atom. The lowest BCUT2D eigenvalue weighted by Gasteiger charge is -2.30.